The highest BCUT2D eigenvalue weighted by atomic mass is 32.2. The van der Waals surface area contributed by atoms with E-state index in [0.717, 1.165) is 48.3 Å². The Morgan fingerprint density at radius 3 is 1.79 bits per heavy atom. The molecule has 1 atom stereocenters. The van der Waals surface area contributed by atoms with E-state index in [9.17, 15) is 8.42 Å². The summed E-state index contributed by atoms with van der Waals surface area (Å²) >= 11 is 0. The lowest BCUT2D eigenvalue weighted by Gasteiger charge is -2.46. The number of aryl methyl sites for hydroxylation is 1. The van der Waals surface area contributed by atoms with Crippen molar-refractivity contribution in [3.63, 3.8) is 0 Å². The zero-order valence-electron chi connectivity index (χ0n) is 19.8. The maximum Gasteiger partial charge on any atom is 0.253 e. The van der Waals surface area contributed by atoms with Crippen LogP contribution in [0.5, 0.6) is 0 Å². The molecule has 2 N–H and O–H groups in total. The van der Waals surface area contributed by atoms with Gasteiger partial charge in [0.15, 0.2) is 7.14 Å². The average Bonchev–Trinajstić information content (AvgIpc) is 2.88. The lowest BCUT2D eigenvalue weighted by atomic mass is 9.84. The van der Waals surface area contributed by atoms with Crippen LogP contribution >= 0.6 is 7.14 Å². The molecule has 0 saturated heterocycles. The molecule has 5 nitrogen and oxygen atoms in total. The van der Waals surface area contributed by atoms with Crippen LogP contribution in [-0.2, 0) is 14.6 Å². The maximum atomic E-state index is 15.3. The van der Waals surface area contributed by atoms with Crippen molar-refractivity contribution in [2.24, 2.45) is 5.92 Å². The number of hydrazine groups is 1. The van der Waals surface area contributed by atoms with Crippen LogP contribution in [0.3, 0.4) is 0 Å². The largest absolute Gasteiger partial charge is 0.312 e. The molecule has 7 heteroatoms. The van der Waals surface area contributed by atoms with Gasteiger partial charge in [-0.05, 0) is 44.7 Å². The topological polar surface area (TPSA) is 75.3 Å². The first-order valence-electron chi connectivity index (χ1n) is 11.8. The number of hydrogen-bond donors (Lipinski definition) is 2. The molecule has 1 aliphatic rings. The van der Waals surface area contributed by atoms with E-state index >= 15 is 4.57 Å². The minimum Gasteiger partial charge on any atom is -0.312 e. The fraction of sp³-hybridized carbons (Fsp3) is 0.333. The smallest absolute Gasteiger partial charge is 0.253 e. The average molecular weight is 497 g/mol. The molecule has 4 rings (SSSR count). The second-order valence-electron chi connectivity index (χ2n) is 9.31. The molecule has 1 fully saturated rings. The highest BCUT2D eigenvalue weighted by Crippen LogP contribution is 2.59. The zero-order chi connectivity index (χ0) is 24.2. The van der Waals surface area contributed by atoms with Crippen molar-refractivity contribution in [3.8, 4) is 0 Å². The van der Waals surface area contributed by atoms with Gasteiger partial charge in [-0.1, -0.05) is 97.6 Å². The minimum atomic E-state index is -3.86. The molecule has 3 aromatic rings. The summed E-state index contributed by atoms with van der Waals surface area (Å²) in [6.07, 6.45) is 4.99. The van der Waals surface area contributed by atoms with E-state index < -0.39 is 22.4 Å². The molecule has 180 valence electrons. The number of sulfonamides is 1. The first kappa shape index (κ1) is 24.9. The molecule has 0 aliphatic heterocycles. The molecule has 0 aromatic heterocycles. The lowest BCUT2D eigenvalue weighted by molar-refractivity contribution is 0.239. The highest BCUT2D eigenvalue weighted by molar-refractivity contribution is 7.89. The Morgan fingerprint density at radius 2 is 1.29 bits per heavy atom. The summed E-state index contributed by atoms with van der Waals surface area (Å²) in [4.78, 5) is 2.80. The molecule has 0 amide bonds. The van der Waals surface area contributed by atoms with Gasteiger partial charge >= 0.3 is 0 Å². The third kappa shape index (κ3) is 4.78. The van der Waals surface area contributed by atoms with E-state index in [-0.39, 0.29) is 10.8 Å². The second kappa shape index (κ2) is 10.2. The quantitative estimate of drug-likeness (QED) is 0.337. The van der Waals surface area contributed by atoms with E-state index in [1.165, 1.54) is 0 Å². The van der Waals surface area contributed by atoms with Crippen LogP contribution in [0, 0.1) is 12.8 Å². The summed E-state index contributed by atoms with van der Waals surface area (Å²) < 4.78 is 41.8. The molecule has 1 aliphatic carbocycles. The van der Waals surface area contributed by atoms with Gasteiger partial charge in [0, 0.05) is 10.6 Å². The van der Waals surface area contributed by atoms with E-state index in [1.807, 2.05) is 74.5 Å². The normalized spacial score (nSPS) is 17.2. The highest BCUT2D eigenvalue weighted by Gasteiger charge is 2.52. The summed E-state index contributed by atoms with van der Waals surface area (Å²) in [6.45, 7) is 3.85. The first-order valence-corrected chi connectivity index (χ1v) is 15.0. The Morgan fingerprint density at radius 1 is 0.794 bits per heavy atom. The van der Waals surface area contributed by atoms with Crippen molar-refractivity contribution in [2.45, 2.75) is 56.1 Å². The SMILES string of the molecule is Cc1ccc(S(=O)(=O)NNC(C)(C2CCCCC2)P(=O)(c2ccccc2)c2ccccc2)cc1. The zero-order valence-corrected chi connectivity index (χ0v) is 21.5. The Labute approximate surface area is 203 Å². The van der Waals surface area contributed by atoms with Gasteiger partial charge in [0.05, 0.1) is 10.2 Å². The minimum absolute atomic E-state index is 0.0354. The Bertz CT molecular complexity index is 1200. The number of nitrogens with one attached hydrogen (secondary N) is 2. The van der Waals surface area contributed by atoms with Crippen molar-refractivity contribution in [2.75, 3.05) is 0 Å². The summed E-state index contributed by atoms with van der Waals surface area (Å²) in [5, 5.41) is 0.418. The van der Waals surface area contributed by atoms with Gasteiger partial charge < -0.3 is 4.57 Å². The van der Waals surface area contributed by atoms with Crippen LogP contribution in [0.2, 0.25) is 0 Å². The summed E-state index contributed by atoms with van der Waals surface area (Å²) in [5.74, 6) is 0.0354. The predicted octanol–water partition coefficient (Wildman–Crippen LogP) is 5.09. The predicted molar refractivity (Wildman–Crippen MR) is 139 cm³/mol. The molecule has 34 heavy (non-hydrogen) atoms. The third-order valence-corrected chi connectivity index (χ3v) is 12.2. The van der Waals surface area contributed by atoms with Gasteiger partial charge in [-0.3, -0.25) is 0 Å². The summed E-state index contributed by atoms with van der Waals surface area (Å²) in [7, 11) is -7.19. The molecular weight excluding hydrogens is 463 g/mol. The van der Waals surface area contributed by atoms with Gasteiger partial charge in [-0.2, -0.15) is 0 Å². The van der Waals surface area contributed by atoms with Crippen molar-refractivity contribution >= 4 is 27.8 Å². The molecule has 0 spiro atoms. The van der Waals surface area contributed by atoms with Crippen LogP contribution in [-0.4, -0.2) is 13.7 Å². The van der Waals surface area contributed by atoms with Crippen LogP contribution in [0.25, 0.3) is 0 Å². The summed E-state index contributed by atoms with van der Waals surface area (Å²) in [5.41, 5.74) is 4.14. The van der Waals surface area contributed by atoms with Crippen LogP contribution < -0.4 is 20.9 Å². The van der Waals surface area contributed by atoms with Gasteiger partial charge in [-0.15, -0.1) is 4.83 Å². The molecule has 3 aromatic carbocycles. The maximum absolute atomic E-state index is 15.3. The fourth-order valence-electron chi connectivity index (χ4n) is 5.01. The van der Waals surface area contributed by atoms with E-state index in [4.69, 9.17) is 0 Å². The monoisotopic (exact) mass is 496 g/mol. The van der Waals surface area contributed by atoms with Crippen molar-refractivity contribution in [3.05, 3.63) is 90.5 Å². The number of hydrogen-bond acceptors (Lipinski definition) is 4. The molecule has 1 saturated carbocycles. The number of rotatable bonds is 8. The summed E-state index contributed by atoms with van der Waals surface area (Å²) in [6, 6.07) is 25.7. The molecule has 1 unspecified atom stereocenters. The standard InChI is InChI=1S/C27H33N2O3PS/c1-22-18-20-26(21-19-22)34(31,32)29-28-27(2,23-12-6-3-7-13-23)33(30,24-14-8-4-9-15-24)25-16-10-5-11-17-25/h4-5,8-11,14-21,23,28-29H,3,6-7,12-13H2,1-2H3. The fourth-order valence-corrected chi connectivity index (χ4v) is 9.59. The van der Waals surface area contributed by atoms with Crippen molar-refractivity contribution < 1.29 is 13.0 Å². The molecule has 0 bridgehead atoms. The van der Waals surface area contributed by atoms with Gasteiger partial charge in [0.2, 0.25) is 0 Å². The van der Waals surface area contributed by atoms with Gasteiger partial charge in [0.1, 0.15) is 0 Å². The van der Waals surface area contributed by atoms with E-state index in [1.54, 1.807) is 24.3 Å². The third-order valence-electron chi connectivity index (χ3n) is 7.06. The van der Waals surface area contributed by atoms with E-state index in [2.05, 4.69) is 10.3 Å². The Kier molecular flexibility index (Phi) is 7.44. The molecular formula is C27H33N2O3PS. The van der Waals surface area contributed by atoms with Gasteiger partial charge in [-0.25, -0.2) is 13.8 Å². The van der Waals surface area contributed by atoms with Crippen molar-refractivity contribution in [1.29, 1.82) is 0 Å². The van der Waals surface area contributed by atoms with Crippen LogP contribution in [0.15, 0.2) is 89.8 Å². The van der Waals surface area contributed by atoms with Crippen molar-refractivity contribution in [1.82, 2.24) is 10.3 Å². The Balaban J connectivity index is 1.81. The molecule has 0 heterocycles. The van der Waals surface area contributed by atoms with E-state index in [0.29, 0.717) is 0 Å². The van der Waals surface area contributed by atoms with Gasteiger partial charge in [0.25, 0.3) is 10.0 Å². The van der Waals surface area contributed by atoms with Crippen LogP contribution in [0.4, 0.5) is 0 Å². The first-order chi connectivity index (χ1) is 16.3. The molecule has 0 radical (unpaired) electrons. The lowest BCUT2D eigenvalue weighted by Crippen LogP contribution is -2.59. The van der Waals surface area contributed by atoms with Crippen LogP contribution in [0.1, 0.15) is 44.6 Å². The number of benzene rings is 3. The Hall–Kier alpha value is -2.24. The second-order valence-corrected chi connectivity index (χ2v) is 14.2.